The standard InChI is InChI=1S/C9H15N5O/c1-13-6-4-8(15-2)7(3-5(6)10)14-9(11)12/h3-4,13H,10H2,1-2H3,(H4,11,12,14). The highest BCUT2D eigenvalue weighted by molar-refractivity contribution is 5.83. The summed E-state index contributed by atoms with van der Waals surface area (Å²) in [5.41, 5.74) is 18.2. The van der Waals surface area contributed by atoms with Crippen molar-refractivity contribution in [2.24, 2.45) is 16.5 Å². The summed E-state index contributed by atoms with van der Waals surface area (Å²) >= 11 is 0. The van der Waals surface area contributed by atoms with E-state index in [-0.39, 0.29) is 5.96 Å². The third-order valence-corrected chi connectivity index (χ3v) is 1.87. The quantitative estimate of drug-likeness (QED) is 0.323. The van der Waals surface area contributed by atoms with Gasteiger partial charge in [0.05, 0.1) is 18.5 Å². The lowest BCUT2D eigenvalue weighted by atomic mass is 10.2. The molecule has 1 aromatic carbocycles. The summed E-state index contributed by atoms with van der Waals surface area (Å²) in [6.07, 6.45) is 0. The van der Waals surface area contributed by atoms with Crippen molar-refractivity contribution in [1.29, 1.82) is 0 Å². The molecular weight excluding hydrogens is 194 g/mol. The molecule has 0 amide bonds. The molecule has 0 fully saturated rings. The minimum atomic E-state index is -0.0371. The van der Waals surface area contributed by atoms with Crippen LogP contribution in [0, 0.1) is 0 Å². The van der Waals surface area contributed by atoms with Crippen molar-refractivity contribution in [3.05, 3.63) is 12.1 Å². The third-order valence-electron chi connectivity index (χ3n) is 1.87. The highest BCUT2D eigenvalue weighted by atomic mass is 16.5. The van der Waals surface area contributed by atoms with Gasteiger partial charge >= 0.3 is 0 Å². The number of nitrogens with one attached hydrogen (secondary N) is 1. The maximum absolute atomic E-state index is 5.76. The number of nitrogens with two attached hydrogens (primary N) is 3. The Morgan fingerprint density at radius 2 is 2.07 bits per heavy atom. The number of hydrogen-bond donors (Lipinski definition) is 4. The fourth-order valence-electron chi connectivity index (χ4n) is 1.19. The average molecular weight is 209 g/mol. The highest BCUT2D eigenvalue weighted by Gasteiger charge is 2.07. The molecule has 15 heavy (non-hydrogen) atoms. The van der Waals surface area contributed by atoms with Gasteiger partial charge in [0.25, 0.3) is 0 Å². The number of aliphatic imine (C=N–C) groups is 1. The number of nitrogen functional groups attached to an aromatic ring is 1. The Hall–Kier alpha value is -2.11. The van der Waals surface area contributed by atoms with E-state index in [0.717, 1.165) is 5.69 Å². The predicted molar refractivity (Wildman–Crippen MR) is 62.4 cm³/mol. The first-order chi connectivity index (χ1) is 7.08. The molecule has 0 aliphatic carbocycles. The zero-order valence-corrected chi connectivity index (χ0v) is 8.74. The van der Waals surface area contributed by atoms with Gasteiger partial charge in [0.15, 0.2) is 5.96 Å². The first-order valence-electron chi connectivity index (χ1n) is 4.33. The molecule has 0 heterocycles. The zero-order chi connectivity index (χ0) is 11.4. The van der Waals surface area contributed by atoms with Crippen molar-refractivity contribution in [2.45, 2.75) is 0 Å². The molecule has 0 aromatic heterocycles. The SMILES string of the molecule is CNc1cc(OC)c(N=C(N)N)cc1N. The van der Waals surface area contributed by atoms with E-state index < -0.39 is 0 Å². The first-order valence-corrected chi connectivity index (χ1v) is 4.33. The van der Waals surface area contributed by atoms with E-state index in [1.807, 2.05) is 0 Å². The maximum atomic E-state index is 5.76. The number of benzene rings is 1. The Labute approximate surface area is 88.1 Å². The summed E-state index contributed by atoms with van der Waals surface area (Å²) in [6, 6.07) is 3.38. The van der Waals surface area contributed by atoms with Gasteiger partial charge in [-0.2, -0.15) is 0 Å². The van der Waals surface area contributed by atoms with E-state index in [0.29, 0.717) is 17.1 Å². The van der Waals surface area contributed by atoms with Gasteiger partial charge in [-0.1, -0.05) is 0 Å². The molecule has 0 bridgehead atoms. The fourth-order valence-corrected chi connectivity index (χ4v) is 1.19. The van der Waals surface area contributed by atoms with Crippen LogP contribution in [0.15, 0.2) is 17.1 Å². The number of methoxy groups -OCH3 is 1. The van der Waals surface area contributed by atoms with Crippen molar-refractivity contribution >= 4 is 23.0 Å². The molecule has 0 spiro atoms. The van der Waals surface area contributed by atoms with Crippen LogP contribution in [0.5, 0.6) is 5.75 Å². The van der Waals surface area contributed by atoms with Gasteiger partial charge in [-0.05, 0) is 6.07 Å². The first kappa shape index (κ1) is 11.0. The molecule has 0 radical (unpaired) electrons. The van der Waals surface area contributed by atoms with Crippen molar-refractivity contribution in [3.63, 3.8) is 0 Å². The number of nitrogens with zero attached hydrogens (tertiary/aromatic N) is 1. The summed E-state index contributed by atoms with van der Waals surface area (Å²) in [5, 5.41) is 2.93. The molecule has 0 saturated heterocycles. The summed E-state index contributed by atoms with van der Waals surface area (Å²) in [6.45, 7) is 0. The predicted octanol–water partition coefficient (Wildman–Crippen LogP) is 0.224. The third kappa shape index (κ3) is 2.43. The second kappa shape index (κ2) is 4.41. The monoisotopic (exact) mass is 209 g/mol. The van der Waals surface area contributed by atoms with E-state index in [9.17, 15) is 0 Å². The Bertz CT molecular complexity index is 384. The van der Waals surface area contributed by atoms with Crippen LogP contribution in [0.2, 0.25) is 0 Å². The molecule has 0 unspecified atom stereocenters. The number of rotatable bonds is 3. The minimum Gasteiger partial charge on any atom is -0.494 e. The summed E-state index contributed by atoms with van der Waals surface area (Å²) in [5.74, 6) is 0.520. The van der Waals surface area contributed by atoms with Gasteiger partial charge in [0.1, 0.15) is 11.4 Å². The Morgan fingerprint density at radius 1 is 1.40 bits per heavy atom. The molecule has 0 aliphatic heterocycles. The number of hydrogen-bond acceptors (Lipinski definition) is 4. The fraction of sp³-hybridized carbons (Fsp3) is 0.222. The van der Waals surface area contributed by atoms with Gasteiger partial charge in [0, 0.05) is 13.1 Å². The molecule has 0 aliphatic rings. The van der Waals surface area contributed by atoms with E-state index in [1.165, 1.54) is 7.11 Å². The number of guanidine groups is 1. The minimum absolute atomic E-state index is 0.0371. The van der Waals surface area contributed by atoms with Crippen LogP contribution in [0.4, 0.5) is 17.1 Å². The second-order valence-corrected chi connectivity index (χ2v) is 2.90. The number of ether oxygens (including phenoxy) is 1. The lowest BCUT2D eigenvalue weighted by Gasteiger charge is -2.10. The van der Waals surface area contributed by atoms with Crippen LogP contribution in [0.1, 0.15) is 0 Å². The maximum Gasteiger partial charge on any atom is 0.191 e. The topological polar surface area (TPSA) is 112 Å². The summed E-state index contributed by atoms with van der Waals surface area (Å²) < 4.78 is 5.13. The van der Waals surface area contributed by atoms with Crippen LogP contribution in [-0.4, -0.2) is 20.1 Å². The van der Waals surface area contributed by atoms with Crippen LogP contribution < -0.4 is 27.3 Å². The zero-order valence-electron chi connectivity index (χ0n) is 8.74. The highest BCUT2D eigenvalue weighted by Crippen LogP contribution is 2.34. The lowest BCUT2D eigenvalue weighted by Crippen LogP contribution is -2.22. The van der Waals surface area contributed by atoms with Crippen LogP contribution in [-0.2, 0) is 0 Å². The van der Waals surface area contributed by atoms with Crippen molar-refractivity contribution < 1.29 is 4.74 Å². The van der Waals surface area contributed by atoms with Gasteiger partial charge in [-0.25, -0.2) is 4.99 Å². The lowest BCUT2D eigenvalue weighted by molar-refractivity contribution is 0.416. The van der Waals surface area contributed by atoms with Gasteiger partial charge in [-0.3, -0.25) is 0 Å². The Balaban J connectivity index is 3.27. The summed E-state index contributed by atoms with van der Waals surface area (Å²) in [7, 11) is 3.31. The Morgan fingerprint density at radius 3 is 2.53 bits per heavy atom. The Kier molecular flexibility index (Phi) is 3.22. The molecule has 0 atom stereocenters. The molecule has 82 valence electrons. The molecule has 0 saturated carbocycles. The summed E-state index contributed by atoms with van der Waals surface area (Å²) in [4.78, 5) is 3.91. The molecule has 7 N–H and O–H groups in total. The van der Waals surface area contributed by atoms with Gasteiger partial charge < -0.3 is 27.3 Å². The van der Waals surface area contributed by atoms with Crippen LogP contribution in [0.25, 0.3) is 0 Å². The molecule has 6 nitrogen and oxygen atoms in total. The van der Waals surface area contributed by atoms with E-state index in [2.05, 4.69) is 10.3 Å². The molecular formula is C9H15N5O. The second-order valence-electron chi connectivity index (χ2n) is 2.90. The number of anilines is 2. The van der Waals surface area contributed by atoms with Crippen molar-refractivity contribution in [1.82, 2.24) is 0 Å². The molecule has 1 rings (SSSR count). The van der Waals surface area contributed by atoms with Gasteiger partial charge in [0.2, 0.25) is 0 Å². The molecule has 6 heteroatoms. The normalized spacial score (nSPS) is 9.47. The molecule has 1 aromatic rings. The average Bonchev–Trinajstić information content (AvgIpc) is 2.17. The smallest absolute Gasteiger partial charge is 0.191 e. The van der Waals surface area contributed by atoms with Crippen molar-refractivity contribution in [2.75, 3.05) is 25.2 Å². The van der Waals surface area contributed by atoms with E-state index in [4.69, 9.17) is 21.9 Å². The largest absolute Gasteiger partial charge is 0.494 e. The van der Waals surface area contributed by atoms with Crippen molar-refractivity contribution in [3.8, 4) is 5.75 Å². The van der Waals surface area contributed by atoms with Gasteiger partial charge in [-0.15, -0.1) is 0 Å². The van der Waals surface area contributed by atoms with E-state index in [1.54, 1.807) is 19.2 Å². The van der Waals surface area contributed by atoms with Crippen LogP contribution in [0.3, 0.4) is 0 Å². The van der Waals surface area contributed by atoms with Crippen LogP contribution >= 0.6 is 0 Å². The van der Waals surface area contributed by atoms with E-state index >= 15 is 0 Å².